The summed E-state index contributed by atoms with van der Waals surface area (Å²) in [5.41, 5.74) is 4.15. The predicted molar refractivity (Wildman–Crippen MR) is 82.2 cm³/mol. The van der Waals surface area contributed by atoms with Crippen LogP contribution in [0.5, 0.6) is 5.75 Å². The van der Waals surface area contributed by atoms with E-state index in [9.17, 15) is 18.0 Å². The molecule has 0 aromatic heterocycles. The first kappa shape index (κ1) is 18.6. The average Bonchev–Trinajstić information content (AvgIpc) is 2.64. The Morgan fingerprint density at radius 2 is 1.75 bits per heavy atom. The molecule has 9 heteroatoms. The molecule has 1 aromatic rings. The molecule has 1 amide bonds. The van der Waals surface area contributed by atoms with Crippen molar-refractivity contribution in [3.05, 3.63) is 23.8 Å². The summed E-state index contributed by atoms with van der Waals surface area (Å²) >= 11 is 0. The minimum Gasteiger partial charge on any atom is -0.484 e. The first-order chi connectivity index (χ1) is 10.8. The van der Waals surface area contributed by atoms with Gasteiger partial charge in [0.1, 0.15) is 5.75 Å². The highest BCUT2D eigenvalue weighted by molar-refractivity contribution is 6.63. The van der Waals surface area contributed by atoms with Crippen molar-refractivity contribution in [1.29, 1.82) is 0 Å². The second-order valence-electron chi connectivity index (χ2n) is 6.61. The van der Waals surface area contributed by atoms with Crippen molar-refractivity contribution in [1.82, 2.24) is 0 Å². The molecule has 0 saturated carbocycles. The smallest absolute Gasteiger partial charge is 0.484 e. The number of amides is 1. The lowest BCUT2D eigenvalue weighted by Crippen LogP contribution is -2.41. The number of hydrogen-bond donors (Lipinski definition) is 1. The molecular weight excluding hydrogens is 326 g/mol. The van der Waals surface area contributed by atoms with Crippen LogP contribution >= 0.6 is 0 Å². The Balaban J connectivity index is 2.37. The molecule has 0 spiro atoms. The Bertz CT molecular complexity index is 630. The first-order valence-electron chi connectivity index (χ1n) is 7.31. The summed E-state index contributed by atoms with van der Waals surface area (Å²) in [6.07, 6.45) is -4.52. The monoisotopic (exact) mass is 345 g/mol. The van der Waals surface area contributed by atoms with E-state index in [0.29, 0.717) is 0 Å². The number of benzene rings is 1. The van der Waals surface area contributed by atoms with Crippen molar-refractivity contribution in [2.24, 2.45) is 5.73 Å². The van der Waals surface area contributed by atoms with Gasteiger partial charge < -0.3 is 19.8 Å². The zero-order chi connectivity index (χ0) is 18.3. The summed E-state index contributed by atoms with van der Waals surface area (Å²) in [7, 11) is -0.917. The van der Waals surface area contributed by atoms with Crippen LogP contribution in [0.15, 0.2) is 18.2 Å². The topological polar surface area (TPSA) is 70.8 Å². The fourth-order valence-electron chi connectivity index (χ4n) is 2.14. The number of halogens is 3. The maximum absolute atomic E-state index is 12.5. The normalized spacial score (nSPS) is 19.4. The van der Waals surface area contributed by atoms with Gasteiger partial charge in [0, 0.05) is 11.0 Å². The SMILES string of the molecule is CC1(C)OB(c2ccc(C(N)=O)cc2OCC(F)(F)F)OC1(C)C. The lowest BCUT2D eigenvalue weighted by Gasteiger charge is -2.32. The number of ether oxygens (including phenoxy) is 1. The quantitative estimate of drug-likeness (QED) is 0.848. The van der Waals surface area contributed by atoms with E-state index in [1.165, 1.54) is 12.1 Å². The highest BCUT2D eigenvalue weighted by atomic mass is 19.4. The van der Waals surface area contributed by atoms with E-state index >= 15 is 0 Å². The molecule has 0 unspecified atom stereocenters. The molecule has 24 heavy (non-hydrogen) atoms. The summed E-state index contributed by atoms with van der Waals surface area (Å²) in [5, 5.41) is 0. The summed E-state index contributed by atoms with van der Waals surface area (Å²) in [4.78, 5) is 11.3. The minimum atomic E-state index is -4.52. The molecule has 132 valence electrons. The maximum Gasteiger partial charge on any atom is 0.498 e. The molecule has 1 saturated heterocycles. The van der Waals surface area contributed by atoms with Crippen LogP contribution in [-0.2, 0) is 9.31 Å². The third-order valence-electron chi connectivity index (χ3n) is 4.20. The van der Waals surface area contributed by atoms with Crippen molar-refractivity contribution >= 4 is 18.5 Å². The Labute approximate surface area is 138 Å². The summed E-state index contributed by atoms with van der Waals surface area (Å²) in [6, 6.07) is 3.98. The second-order valence-corrected chi connectivity index (χ2v) is 6.61. The maximum atomic E-state index is 12.5. The van der Waals surface area contributed by atoms with Gasteiger partial charge in [-0.05, 0) is 39.8 Å². The first-order valence-corrected chi connectivity index (χ1v) is 7.31. The van der Waals surface area contributed by atoms with E-state index in [2.05, 4.69) is 0 Å². The van der Waals surface area contributed by atoms with Gasteiger partial charge in [0.25, 0.3) is 0 Å². The molecule has 0 aliphatic carbocycles. The molecule has 1 aliphatic rings. The van der Waals surface area contributed by atoms with Crippen LogP contribution in [0.2, 0.25) is 0 Å². The van der Waals surface area contributed by atoms with Gasteiger partial charge in [-0.2, -0.15) is 13.2 Å². The van der Waals surface area contributed by atoms with Crippen LogP contribution in [0.1, 0.15) is 38.1 Å². The Hall–Kier alpha value is -1.74. The van der Waals surface area contributed by atoms with Gasteiger partial charge in [-0.25, -0.2) is 0 Å². The van der Waals surface area contributed by atoms with Crippen molar-refractivity contribution in [2.75, 3.05) is 6.61 Å². The second kappa shape index (κ2) is 5.96. The number of alkyl halides is 3. The number of nitrogens with two attached hydrogens (primary N) is 1. The highest BCUT2D eigenvalue weighted by Gasteiger charge is 2.52. The third-order valence-corrected chi connectivity index (χ3v) is 4.20. The molecule has 2 rings (SSSR count). The standard InChI is InChI=1S/C15H19BF3NO4/c1-13(2)14(3,4)24-16(23-13)10-6-5-9(12(20)21)7-11(10)22-8-15(17,18)19/h5-7H,8H2,1-4H3,(H2,20,21). The van der Waals surface area contributed by atoms with E-state index < -0.39 is 37.0 Å². The van der Waals surface area contributed by atoms with Gasteiger partial charge in [0.15, 0.2) is 6.61 Å². The Morgan fingerprint density at radius 3 is 2.21 bits per heavy atom. The van der Waals surface area contributed by atoms with Crippen LogP contribution in [0, 0.1) is 0 Å². The summed E-state index contributed by atoms with van der Waals surface area (Å²) in [5.74, 6) is -0.922. The number of carbonyl (C=O) groups is 1. The molecular formula is C15H19BF3NO4. The molecule has 1 heterocycles. The lowest BCUT2D eigenvalue weighted by molar-refractivity contribution is -0.153. The Kier molecular flexibility index (Phi) is 4.62. The highest BCUT2D eigenvalue weighted by Crippen LogP contribution is 2.37. The average molecular weight is 345 g/mol. The molecule has 1 aliphatic heterocycles. The van der Waals surface area contributed by atoms with E-state index in [1.54, 1.807) is 0 Å². The van der Waals surface area contributed by atoms with E-state index in [-0.39, 0.29) is 16.8 Å². The van der Waals surface area contributed by atoms with E-state index in [4.69, 9.17) is 19.8 Å². The third kappa shape index (κ3) is 3.84. The van der Waals surface area contributed by atoms with Gasteiger partial charge >= 0.3 is 13.3 Å². The molecule has 1 aromatic carbocycles. The van der Waals surface area contributed by atoms with Crippen molar-refractivity contribution in [3.8, 4) is 5.75 Å². The van der Waals surface area contributed by atoms with Gasteiger partial charge in [0.2, 0.25) is 5.91 Å². The van der Waals surface area contributed by atoms with Gasteiger partial charge in [-0.1, -0.05) is 6.07 Å². The van der Waals surface area contributed by atoms with Crippen molar-refractivity contribution in [2.45, 2.75) is 45.1 Å². The number of rotatable bonds is 4. The number of hydrogen-bond acceptors (Lipinski definition) is 4. The van der Waals surface area contributed by atoms with E-state index in [0.717, 1.165) is 6.07 Å². The van der Waals surface area contributed by atoms with Crippen LogP contribution in [-0.4, -0.2) is 37.0 Å². The molecule has 2 N–H and O–H groups in total. The van der Waals surface area contributed by atoms with Gasteiger partial charge in [-0.15, -0.1) is 0 Å². The molecule has 5 nitrogen and oxygen atoms in total. The number of primary amides is 1. The van der Waals surface area contributed by atoms with Crippen LogP contribution in [0.4, 0.5) is 13.2 Å². The minimum absolute atomic E-state index is 0.0347. The zero-order valence-corrected chi connectivity index (χ0v) is 13.9. The fourth-order valence-corrected chi connectivity index (χ4v) is 2.14. The molecule has 1 fully saturated rings. The lowest BCUT2D eigenvalue weighted by atomic mass is 9.78. The van der Waals surface area contributed by atoms with E-state index in [1.807, 2.05) is 27.7 Å². The van der Waals surface area contributed by atoms with Crippen LogP contribution in [0.3, 0.4) is 0 Å². The zero-order valence-electron chi connectivity index (χ0n) is 13.9. The largest absolute Gasteiger partial charge is 0.498 e. The van der Waals surface area contributed by atoms with Crippen molar-refractivity contribution < 1.29 is 32.0 Å². The van der Waals surface area contributed by atoms with Crippen LogP contribution in [0.25, 0.3) is 0 Å². The van der Waals surface area contributed by atoms with Crippen molar-refractivity contribution in [3.63, 3.8) is 0 Å². The number of carbonyl (C=O) groups excluding carboxylic acids is 1. The summed E-state index contributed by atoms with van der Waals surface area (Å²) < 4.78 is 53.9. The van der Waals surface area contributed by atoms with Crippen LogP contribution < -0.4 is 15.9 Å². The Morgan fingerprint density at radius 1 is 1.21 bits per heavy atom. The summed E-state index contributed by atoms with van der Waals surface area (Å²) in [6.45, 7) is 5.78. The molecule has 0 atom stereocenters. The fraction of sp³-hybridized carbons (Fsp3) is 0.533. The predicted octanol–water partition coefficient (Wildman–Crippen LogP) is 2.03. The van der Waals surface area contributed by atoms with Gasteiger partial charge in [0.05, 0.1) is 11.2 Å². The van der Waals surface area contributed by atoms with Gasteiger partial charge in [-0.3, -0.25) is 4.79 Å². The molecule has 0 radical (unpaired) electrons. The molecule has 0 bridgehead atoms.